The van der Waals surface area contributed by atoms with Crippen molar-refractivity contribution < 1.29 is 19.4 Å². The number of fused-ring (bicyclic) bond motifs is 1. The number of hydrogen-bond acceptors (Lipinski definition) is 8. The summed E-state index contributed by atoms with van der Waals surface area (Å²) in [7, 11) is 0. The van der Waals surface area contributed by atoms with Gasteiger partial charge >= 0.3 is 12.1 Å². The van der Waals surface area contributed by atoms with E-state index < -0.39 is 5.97 Å². The largest absolute Gasteiger partial charge is 0.481 e. The third kappa shape index (κ3) is 4.78. The molecule has 0 aromatic carbocycles. The van der Waals surface area contributed by atoms with Crippen molar-refractivity contribution in [3.8, 4) is 0 Å². The fraction of sp³-hybridized carbons (Fsp3) is 0.750. The van der Waals surface area contributed by atoms with Crippen LogP contribution < -0.4 is 10.6 Å². The standard InChI is InChI=1S/C24H36N6O4/c25-23-26-10-5-20(27-23)29-13-8-17(9-14-29)30-19-4-2-1-3-18(22(19)34-24(30)33)28-11-6-16(7-12-28)15-21(31)32/h5,10,16-19,22H,1-4,6-9,11-15H2,(H,31,32)(H2,25,26,27). The number of carboxylic acid groups (broad SMARTS) is 1. The minimum absolute atomic E-state index is 0.0919. The zero-order valence-electron chi connectivity index (χ0n) is 19.7. The van der Waals surface area contributed by atoms with Gasteiger partial charge in [0.15, 0.2) is 0 Å². The van der Waals surface area contributed by atoms with E-state index in [1.165, 1.54) is 0 Å². The van der Waals surface area contributed by atoms with Crippen molar-refractivity contribution in [2.75, 3.05) is 36.8 Å². The number of rotatable bonds is 5. The molecule has 34 heavy (non-hydrogen) atoms. The lowest BCUT2D eigenvalue weighted by molar-refractivity contribution is -0.138. The molecule has 4 fully saturated rings. The van der Waals surface area contributed by atoms with Crippen LogP contribution in [-0.4, -0.2) is 87.3 Å². The van der Waals surface area contributed by atoms with E-state index in [-0.39, 0.29) is 48.6 Å². The number of ether oxygens (including phenoxy) is 1. The molecule has 3 aliphatic heterocycles. The Kier molecular flexibility index (Phi) is 6.76. The van der Waals surface area contributed by atoms with Gasteiger partial charge in [-0.05, 0) is 63.6 Å². The molecule has 3 unspecified atom stereocenters. The van der Waals surface area contributed by atoms with Gasteiger partial charge in [0.1, 0.15) is 11.9 Å². The van der Waals surface area contributed by atoms with Crippen LogP contribution in [0.3, 0.4) is 0 Å². The highest BCUT2D eigenvalue weighted by atomic mass is 16.6. The Morgan fingerprint density at radius 1 is 1.06 bits per heavy atom. The lowest BCUT2D eigenvalue weighted by Crippen LogP contribution is -2.53. The van der Waals surface area contributed by atoms with Crippen molar-refractivity contribution in [1.82, 2.24) is 19.8 Å². The number of carboxylic acids is 1. The summed E-state index contributed by atoms with van der Waals surface area (Å²) in [5, 5.41) is 9.12. The Morgan fingerprint density at radius 3 is 2.44 bits per heavy atom. The lowest BCUT2D eigenvalue weighted by atomic mass is 9.90. The monoisotopic (exact) mass is 472 g/mol. The molecule has 10 nitrogen and oxygen atoms in total. The summed E-state index contributed by atoms with van der Waals surface area (Å²) in [6.45, 7) is 3.43. The maximum absolute atomic E-state index is 13.1. The average Bonchev–Trinajstić information content (AvgIpc) is 3.01. The number of likely N-dealkylation sites (tertiary alicyclic amines) is 1. The van der Waals surface area contributed by atoms with Crippen molar-refractivity contribution in [1.29, 1.82) is 0 Å². The molecule has 1 aromatic rings. The van der Waals surface area contributed by atoms with Gasteiger partial charge in [-0.25, -0.2) is 9.78 Å². The number of nitrogens with zero attached hydrogens (tertiary/aromatic N) is 5. The average molecular weight is 473 g/mol. The molecule has 1 aromatic heterocycles. The summed E-state index contributed by atoms with van der Waals surface area (Å²) in [4.78, 5) is 39.3. The second kappa shape index (κ2) is 9.93. The Hall–Kier alpha value is -2.62. The van der Waals surface area contributed by atoms with Crippen LogP contribution in [0.5, 0.6) is 0 Å². The fourth-order valence-corrected chi connectivity index (χ4v) is 6.52. The molecule has 4 heterocycles. The van der Waals surface area contributed by atoms with Crippen LogP contribution in [0, 0.1) is 5.92 Å². The summed E-state index contributed by atoms with van der Waals surface area (Å²) in [6.07, 6.45) is 9.55. The number of carbonyl (C=O) groups excluding carboxylic acids is 1. The maximum Gasteiger partial charge on any atom is 0.410 e. The summed E-state index contributed by atoms with van der Waals surface area (Å²) in [5.74, 6) is 0.673. The Labute approximate surface area is 200 Å². The Bertz CT molecular complexity index is 884. The molecule has 3 atom stereocenters. The zero-order chi connectivity index (χ0) is 23.7. The van der Waals surface area contributed by atoms with Gasteiger partial charge in [0.25, 0.3) is 0 Å². The predicted molar refractivity (Wildman–Crippen MR) is 126 cm³/mol. The number of amides is 1. The molecular formula is C24H36N6O4. The molecular weight excluding hydrogens is 436 g/mol. The highest BCUT2D eigenvalue weighted by Gasteiger charge is 2.50. The Balaban J connectivity index is 1.23. The van der Waals surface area contributed by atoms with Gasteiger partial charge in [-0.3, -0.25) is 14.6 Å². The topological polar surface area (TPSA) is 125 Å². The number of aliphatic carboxylic acids is 1. The second-order valence-corrected chi connectivity index (χ2v) is 10.2. The first-order valence-electron chi connectivity index (χ1n) is 12.8. The summed E-state index contributed by atoms with van der Waals surface area (Å²) < 4.78 is 6.10. The minimum Gasteiger partial charge on any atom is -0.481 e. The summed E-state index contributed by atoms with van der Waals surface area (Å²) in [5.41, 5.74) is 5.75. The van der Waals surface area contributed by atoms with Crippen molar-refractivity contribution in [2.45, 2.75) is 82.0 Å². The van der Waals surface area contributed by atoms with Crippen molar-refractivity contribution in [3.05, 3.63) is 12.3 Å². The Morgan fingerprint density at radius 2 is 1.76 bits per heavy atom. The molecule has 10 heteroatoms. The predicted octanol–water partition coefficient (Wildman–Crippen LogP) is 2.35. The first kappa shape index (κ1) is 23.1. The molecule has 1 saturated carbocycles. The zero-order valence-corrected chi connectivity index (χ0v) is 19.7. The highest BCUT2D eigenvalue weighted by Crippen LogP contribution is 2.38. The summed E-state index contributed by atoms with van der Waals surface area (Å²) in [6, 6.07) is 2.42. The molecule has 0 bridgehead atoms. The van der Waals surface area contributed by atoms with Crippen molar-refractivity contribution in [3.63, 3.8) is 0 Å². The van der Waals surface area contributed by atoms with Gasteiger partial charge in [-0.2, -0.15) is 4.98 Å². The first-order chi connectivity index (χ1) is 16.5. The van der Waals surface area contributed by atoms with Crippen molar-refractivity contribution >= 4 is 23.8 Å². The number of carbonyl (C=O) groups is 2. The number of anilines is 2. The number of aromatic nitrogens is 2. The van der Waals surface area contributed by atoms with E-state index in [0.717, 1.165) is 83.4 Å². The fourth-order valence-electron chi connectivity index (χ4n) is 6.52. The number of nitrogens with two attached hydrogens (primary N) is 1. The van der Waals surface area contributed by atoms with E-state index in [0.29, 0.717) is 0 Å². The molecule has 4 aliphatic rings. The molecule has 5 rings (SSSR count). The van der Waals surface area contributed by atoms with Crippen LogP contribution in [0.15, 0.2) is 12.3 Å². The van der Waals surface area contributed by atoms with Gasteiger partial charge in [-0.15, -0.1) is 0 Å². The van der Waals surface area contributed by atoms with Crippen LogP contribution >= 0.6 is 0 Å². The van der Waals surface area contributed by atoms with E-state index in [1.807, 2.05) is 6.07 Å². The second-order valence-electron chi connectivity index (χ2n) is 10.2. The van der Waals surface area contributed by atoms with Crippen LogP contribution in [0.4, 0.5) is 16.6 Å². The molecule has 3 saturated heterocycles. The van der Waals surface area contributed by atoms with E-state index in [4.69, 9.17) is 15.6 Å². The van der Waals surface area contributed by atoms with E-state index in [2.05, 4.69) is 24.7 Å². The van der Waals surface area contributed by atoms with Gasteiger partial charge in [0.05, 0.1) is 6.04 Å². The quantitative estimate of drug-likeness (QED) is 0.664. The number of hydrogen-bond donors (Lipinski definition) is 2. The summed E-state index contributed by atoms with van der Waals surface area (Å²) >= 11 is 0. The van der Waals surface area contributed by atoms with Crippen LogP contribution in [0.25, 0.3) is 0 Å². The minimum atomic E-state index is -0.706. The van der Waals surface area contributed by atoms with Gasteiger partial charge in [-0.1, -0.05) is 12.8 Å². The van der Waals surface area contributed by atoms with Crippen LogP contribution in [0.1, 0.15) is 57.8 Å². The molecule has 3 N–H and O–H groups in total. The molecule has 0 spiro atoms. The van der Waals surface area contributed by atoms with Crippen molar-refractivity contribution in [2.24, 2.45) is 5.92 Å². The molecule has 186 valence electrons. The molecule has 0 radical (unpaired) electrons. The van der Waals surface area contributed by atoms with Gasteiger partial charge in [0, 0.05) is 37.8 Å². The third-order valence-electron chi connectivity index (χ3n) is 8.24. The highest BCUT2D eigenvalue weighted by molar-refractivity contribution is 5.71. The van der Waals surface area contributed by atoms with Gasteiger partial charge in [0.2, 0.25) is 5.95 Å². The van der Waals surface area contributed by atoms with E-state index >= 15 is 0 Å². The normalized spacial score (nSPS) is 29.5. The third-order valence-corrected chi connectivity index (χ3v) is 8.24. The number of piperidine rings is 2. The molecule has 1 amide bonds. The first-order valence-corrected chi connectivity index (χ1v) is 12.8. The van der Waals surface area contributed by atoms with Gasteiger partial charge < -0.3 is 20.5 Å². The van der Waals surface area contributed by atoms with Crippen LogP contribution in [0.2, 0.25) is 0 Å². The van der Waals surface area contributed by atoms with E-state index in [1.54, 1.807) is 6.20 Å². The smallest absolute Gasteiger partial charge is 0.410 e. The van der Waals surface area contributed by atoms with E-state index in [9.17, 15) is 9.59 Å². The van der Waals surface area contributed by atoms with Crippen LogP contribution in [-0.2, 0) is 9.53 Å². The maximum atomic E-state index is 13.1. The molecule has 1 aliphatic carbocycles. The SMILES string of the molecule is Nc1nccc(N2CCC(N3C(=O)OC4C(N5CCC(CC(=O)O)CC5)CCCCC43)CC2)n1. The lowest BCUT2D eigenvalue weighted by Gasteiger charge is -2.41. The number of nitrogen functional groups attached to an aromatic ring is 1.